The molecule has 2 N–H and O–H groups in total. The largest absolute Gasteiger partial charge is 0.494 e. The fourth-order valence-electron chi connectivity index (χ4n) is 2.93. The molecule has 0 unspecified atom stereocenters. The maximum absolute atomic E-state index is 12.8. The first-order valence-corrected chi connectivity index (χ1v) is 9.58. The van der Waals surface area contributed by atoms with Gasteiger partial charge in [-0.2, -0.15) is 0 Å². The highest BCUT2D eigenvalue weighted by Gasteiger charge is 2.33. The molecule has 2 aromatic carbocycles. The first-order valence-electron chi connectivity index (χ1n) is 9.58. The van der Waals surface area contributed by atoms with Crippen LogP contribution in [-0.2, 0) is 9.59 Å². The summed E-state index contributed by atoms with van der Waals surface area (Å²) in [4.78, 5) is 37.2. The van der Waals surface area contributed by atoms with Gasteiger partial charge in [0.1, 0.15) is 5.75 Å². The van der Waals surface area contributed by atoms with Gasteiger partial charge < -0.3 is 20.1 Å². The number of aliphatic carboxylic acids is 1. The summed E-state index contributed by atoms with van der Waals surface area (Å²) in [5, 5.41) is 11.5. The van der Waals surface area contributed by atoms with Crippen molar-refractivity contribution in [1.29, 1.82) is 0 Å². The van der Waals surface area contributed by atoms with Gasteiger partial charge in [0.05, 0.1) is 17.9 Å². The number of ether oxygens (including phenoxy) is 1. The van der Waals surface area contributed by atoms with E-state index < -0.39 is 5.97 Å². The molecule has 2 aromatic rings. The van der Waals surface area contributed by atoms with E-state index in [9.17, 15) is 14.4 Å². The Morgan fingerprint density at radius 2 is 1.79 bits per heavy atom. The average molecular weight is 396 g/mol. The molecule has 0 aliphatic heterocycles. The second-order valence-corrected chi connectivity index (χ2v) is 7.01. The predicted molar refractivity (Wildman–Crippen MR) is 109 cm³/mol. The molecule has 3 rings (SSSR count). The molecule has 1 saturated carbocycles. The van der Waals surface area contributed by atoms with Crippen molar-refractivity contribution in [1.82, 2.24) is 0 Å². The van der Waals surface area contributed by atoms with Crippen LogP contribution in [0.25, 0.3) is 0 Å². The zero-order chi connectivity index (χ0) is 20.8. The first-order chi connectivity index (χ1) is 14.0. The number of para-hydroxylation sites is 1. The van der Waals surface area contributed by atoms with Crippen LogP contribution in [0.4, 0.5) is 11.4 Å². The fraction of sp³-hybridized carbons (Fsp3) is 0.318. The predicted octanol–water partition coefficient (Wildman–Crippen LogP) is 3.56. The molecule has 0 atom stereocenters. The van der Waals surface area contributed by atoms with Gasteiger partial charge in [-0.05, 0) is 55.7 Å². The molecule has 1 aliphatic rings. The van der Waals surface area contributed by atoms with E-state index >= 15 is 0 Å². The van der Waals surface area contributed by atoms with E-state index in [0.29, 0.717) is 35.7 Å². The van der Waals surface area contributed by atoms with E-state index in [1.165, 1.54) is 0 Å². The van der Waals surface area contributed by atoms with E-state index in [2.05, 4.69) is 5.32 Å². The number of rotatable bonds is 9. The molecule has 1 aliphatic carbocycles. The normalized spacial score (nSPS) is 12.9. The molecule has 7 heteroatoms. The topological polar surface area (TPSA) is 95.9 Å². The Labute approximate surface area is 169 Å². The number of nitrogens with zero attached hydrogens (tertiary/aromatic N) is 1. The van der Waals surface area contributed by atoms with Crippen LogP contribution in [0.3, 0.4) is 0 Å². The summed E-state index contributed by atoms with van der Waals surface area (Å²) >= 11 is 0. The maximum atomic E-state index is 12.8. The van der Waals surface area contributed by atoms with E-state index in [0.717, 1.165) is 12.8 Å². The Bertz CT molecular complexity index is 890. The third-order valence-corrected chi connectivity index (χ3v) is 4.68. The average Bonchev–Trinajstić information content (AvgIpc) is 3.56. The minimum Gasteiger partial charge on any atom is -0.494 e. The minimum absolute atomic E-state index is 0.0367. The maximum Gasteiger partial charge on any atom is 0.303 e. The number of carboxylic acid groups (broad SMARTS) is 1. The molecule has 29 heavy (non-hydrogen) atoms. The van der Waals surface area contributed by atoms with Gasteiger partial charge in [0, 0.05) is 25.1 Å². The first kappa shape index (κ1) is 20.4. The third-order valence-electron chi connectivity index (χ3n) is 4.68. The highest BCUT2D eigenvalue weighted by molar-refractivity contribution is 6.10. The lowest BCUT2D eigenvalue weighted by Gasteiger charge is -2.20. The van der Waals surface area contributed by atoms with Crippen molar-refractivity contribution in [2.24, 2.45) is 5.92 Å². The lowest BCUT2D eigenvalue weighted by atomic mass is 10.1. The fourth-order valence-corrected chi connectivity index (χ4v) is 2.93. The quantitative estimate of drug-likeness (QED) is 0.632. The van der Waals surface area contributed by atoms with Gasteiger partial charge in [-0.25, -0.2) is 0 Å². The van der Waals surface area contributed by atoms with E-state index in [4.69, 9.17) is 9.84 Å². The zero-order valence-electron chi connectivity index (χ0n) is 16.3. The molecular formula is C22H24N2O5. The lowest BCUT2D eigenvalue weighted by molar-refractivity contribution is -0.137. The SMILES string of the molecule is CN(C(=O)C1CC1)c1ccccc1C(=O)Nc1ccc(OCCCC(=O)O)cc1. The second kappa shape index (κ2) is 9.23. The van der Waals surface area contributed by atoms with Crippen molar-refractivity contribution in [2.75, 3.05) is 23.9 Å². The Morgan fingerprint density at radius 3 is 2.45 bits per heavy atom. The van der Waals surface area contributed by atoms with Crippen LogP contribution in [0.1, 0.15) is 36.0 Å². The van der Waals surface area contributed by atoms with Crippen molar-refractivity contribution in [2.45, 2.75) is 25.7 Å². The Morgan fingerprint density at radius 1 is 1.10 bits per heavy atom. The summed E-state index contributed by atoms with van der Waals surface area (Å²) in [6.45, 7) is 0.312. The monoisotopic (exact) mass is 396 g/mol. The van der Waals surface area contributed by atoms with Crippen LogP contribution in [-0.4, -0.2) is 36.5 Å². The third kappa shape index (κ3) is 5.57. The molecule has 0 bridgehead atoms. The summed E-state index contributed by atoms with van der Waals surface area (Å²) in [5.74, 6) is -0.444. The van der Waals surface area contributed by atoms with Crippen molar-refractivity contribution < 1.29 is 24.2 Å². The molecular weight excluding hydrogens is 372 g/mol. The summed E-state index contributed by atoms with van der Waals surface area (Å²) in [7, 11) is 1.70. The van der Waals surface area contributed by atoms with Gasteiger partial charge in [-0.1, -0.05) is 12.1 Å². The summed E-state index contributed by atoms with van der Waals surface area (Å²) < 4.78 is 5.49. The van der Waals surface area contributed by atoms with Crippen LogP contribution in [0.5, 0.6) is 5.75 Å². The summed E-state index contributed by atoms with van der Waals surface area (Å²) in [6.07, 6.45) is 2.30. The lowest BCUT2D eigenvalue weighted by Crippen LogP contribution is -2.29. The van der Waals surface area contributed by atoms with E-state index in [-0.39, 0.29) is 24.2 Å². The number of amides is 2. The van der Waals surface area contributed by atoms with Gasteiger partial charge in [0.25, 0.3) is 5.91 Å². The number of nitrogens with one attached hydrogen (secondary N) is 1. The van der Waals surface area contributed by atoms with Crippen LogP contribution in [0, 0.1) is 5.92 Å². The number of carbonyl (C=O) groups is 3. The van der Waals surface area contributed by atoms with E-state index in [1.54, 1.807) is 60.5 Å². The molecule has 0 saturated heterocycles. The molecule has 1 fully saturated rings. The molecule has 0 spiro atoms. The molecule has 0 heterocycles. The number of carboxylic acids is 1. The summed E-state index contributed by atoms with van der Waals surface area (Å²) in [6, 6.07) is 13.9. The van der Waals surface area contributed by atoms with Crippen molar-refractivity contribution in [3.05, 3.63) is 54.1 Å². The number of carbonyl (C=O) groups excluding carboxylic acids is 2. The highest BCUT2D eigenvalue weighted by atomic mass is 16.5. The van der Waals surface area contributed by atoms with Crippen molar-refractivity contribution >= 4 is 29.2 Å². The standard InChI is InChI=1S/C22H24N2O5/c1-24(22(28)15-8-9-15)19-6-3-2-5-18(19)21(27)23-16-10-12-17(13-11-16)29-14-4-7-20(25)26/h2-3,5-6,10-13,15H,4,7-9,14H2,1H3,(H,23,27)(H,25,26). The van der Waals surface area contributed by atoms with Gasteiger partial charge >= 0.3 is 5.97 Å². The molecule has 7 nitrogen and oxygen atoms in total. The van der Waals surface area contributed by atoms with Crippen LogP contribution < -0.4 is 15.0 Å². The highest BCUT2D eigenvalue weighted by Crippen LogP contribution is 2.33. The minimum atomic E-state index is -0.851. The second-order valence-electron chi connectivity index (χ2n) is 7.01. The number of benzene rings is 2. The Hall–Kier alpha value is -3.35. The number of hydrogen-bond acceptors (Lipinski definition) is 4. The van der Waals surface area contributed by atoms with Gasteiger partial charge in [-0.15, -0.1) is 0 Å². The van der Waals surface area contributed by atoms with E-state index in [1.807, 2.05) is 0 Å². The zero-order valence-corrected chi connectivity index (χ0v) is 16.3. The molecule has 0 radical (unpaired) electrons. The Kier molecular flexibility index (Phi) is 6.49. The molecule has 2 amide bonds. The smallest absolute Gasteiger partial charge is 0.303 e. The summed E-state index contributed by atoms with van der Waals surface area (Å²) in [5.41, 5.74) is 1.61. The number of anilines is 2. The van der Waals surface area contributed by atoms with Crippen LogP contribution >= 0.6 is 0 Å². The van der Waals surface area contributed by atoms with Crippen LogP contribution in [0.15, 0.2) is 48.5 Å². The Balaban J connectivity index is 1.61. The van der Waals surface area contributed by atoms with Crippen molar-refractivity contribution in [3.63, 3.8) is 0 Å². The molecule has 152 valence electrons. The number of hydrogen-bond donors (Lipinski definition) is 2. The van der Waals surface area contributed by atoms with Gasteiger partial charge in [0.2, 0.25) is 5.91 Å². The van der Waals surface area contributed by atoms with Crippen molar-refractivity contribution in [3.8, 4) is 5.75 Å². The van der Waals surface area contributed by atoms with Crippen LogP contribution in [0.2, 0.25) is 0 Å². The molecule has 0 aromatic heterocycles. The van der Waals surface area contributed by atoms with Gasteiger partial charge in [0.15, 0.2) is 0 Å². The van der Waals surface area contributed by atoms with Gasteiger partial charge in [-0.3, -0.25) is 14.4 Å².